The Bertz CT molecular complexity index is 2610. The maximum absolute atomic E-state index is 8.54. The van der Waals surface area contributed by atoms with E-state index in [1.807, 2.05) is 69.4 Å². The molecule has 0 aliphatic carbocycles. The first-order valence-corrected chi connectivity index (χ1v) is 15.8. The van der Waals surface area contributed by atoms with Crippen LogP contribution in [0, 0.1) is 31.3 Å². The molecule has 0 fully saturated rings. The number of furan rings is 1. The topological polar surface area (TPSA) is 38.9 Å². The number of fused-ring (bicyclic) bond motifs is 4. The van der Waals surface area contributed by atoms with Crippen LogP contribution in [0.5, 0.6) is 0 Å². The van der Waals surface area contributed by atoms with E-state index in [0.717, 1.165) is 49.7 Å². The van der Waals surface area contributed by atoms with Crippen molar-refractivity contribution in [2.75, 3.05) is 0 Å². The normalized spacial score (nSPS) is 14.0. The van der Waals surface area contributed by atoms with Crippen LogP contribution in [-0.2, 0) is 26.5 Å². The molecule has 0 atom stereocenters. The van der Waals surface area contributed by atoms with Crippen LogP contribution in [0.15, 0.2) is 132 Å². The summed E-state index contributed by atoms with van der Waals surface area (Å²) in [5.41, 5.74) is 7.74. The molecule has 0 saturated heterocycles. The molecule has 3 nitrogen and oxygen atoms in total. The molecule has 3 aromatic heterocycles. The summed E-state index contributed by atoms with van der Waals surface area (Å²) in [6.45, 7) is 2.60. The summed E-state index contributed by atoms with van der Waals surface area (Å²) in [7, 11) is 0. The van der Waals surface area contributed by atoms with Crippen LogP contribution in [0.1, 0.15) is 47.1 Å². The molecule has 4 heteroatoms. The zero-order chi connectivity index (χ0) is 39.1. The zero-order valence-corrected chi connectivity index (χ0v) is 29.7. The van der Waals surface area contributed by atoms with Crippen molar-refractivity contribution in [2.24, 2.45) is 5.41 Å². The van der Waals surface area contributed by atoms with E-state index in [-0.39, 0.29) is 25.7 Å². The van der Waals surface area contributed by atoms with Gasteiger partial charge in [0.2, 0.25) is 0 Å². The monoisotopic (exact) mass is 822 g/mol. The Hall–Kier alpha value is -4.89. The minimum Gasteiger partial charge on any atom is -0.500 e. The van der Waals surface area contributed by atoms with E-state index in [2.05, 4.69) is 64.6 Å². The van der Waals surface area contributed by atoms with Gasteiger partial charge in [0.15, 0.2) is 0 Å². The summed E-state index contributed by atoms with van der Waals surface area (Å²) in [6.07, 6.45) is 1.87. The Morgan fingerprint density at radius 2 is 1.45 bits per heavy atom. The van der Waals surface area contributed by atoms with Crippen molar-refractivity contribution < 1.29 is 34.1 Å². The molecule has 8 aromatic rings. The summed E-state index contributed by atoms with van der Waals surface area (Å²) >= 11 is 0. The van der Waals surface area contributed by atoms with Gasteiger partial charge in [-0.3, -0.25) is 0 Å². The molecule has 245 valence electrons. The van der Waals surface area contributed by atoms with Crippen molar-refractivity contribution in [3.8, 4) is 33.6 Å². The first kappa shape index (κ1) is 26.0. The second-order valence-corrected chi connectivity index (χ2v) is 12.8. The number of nitrogens with zero attached hydrogens (tertiary/aromatic N) is 2. The second kappa shape index (κ2) is 14.3. The number of rotatable bonds is 4. The summed E-state index contributed by atoms with van der Waals surface area (Å²) in [4.78, 5) is 8.77. The maximum Gasteiger partial charge on any atom is 0.121 e. The number of hydrogen-bond donors (Lipinski definition) is 0. The first-order valence-electron chi connectivity index (χ1n) is 19.4. The van der Waals surface area contributed by atoms with Crippen LogP contribution in [0.25, 0.3) is 66.4 Å². The summed E-state index contributed by atoms with van der Waals surface area (Å²) in [5.74, 6) is 0. The third kappa shape index (κ3) is 7.89. The molecule has 3 heterocycles. The zero-order valence-electron chi connectivity index (χ0n) is 34.3. The minimum absolute atomic E-state index is 0. The summed E-state index contributed by atoms with van der Waals surface area (Å²) in [6, 6.07) is 42.6. The van der Waals surface area contributed by atoms with E-state index >= 15 is 0 Å². The predicted molar refractivity (Wildman–Crippen MR) is 200 cm³/mol. The standard InChI is InChI=1S/C32H26NO.C13H12N.Ir/c1-32(2,3)20-21-8-10-22(11-9-21)25-14-15-33-29(18-25)26-12-13-30-27(17-26)28-16-23-6-4-5-7-24(23)19-31(28)34-30;1-10-3-6-12(7-4-10)13-8-5-11(2)9-14-13;/h4-11,13-19H,20H2,1-3H3;3-6,8-9H,1-2H3;/q2*-1;/i20D2;1D3,2D2;. The molecule has 0 N–H and O–H groups in total. The van der Waals surface area contributed by atoms with E-state index in [1.54, 1.807) is 18.2 Å². The molecule has 5 aromatic carbocycles. The van der Waals surface area contributed by atoms with Crippen molar-refractivity contribution in [1.82, 2.24) is 9.97 Å². The van der Waals surface area contributed by atoms with Crippen LogP contribution in [0.4, 0.5) is 0 Å². The van der Waals surface area contributed by atoms with Gasteiger partial charge in [0, 0.05) is 47.5 Å². The quantitative estimate of drug-likeness (QED) is 0.166. The molecular formula is C45H38IrN2O-2. The fourth-order valence-electron chi connectivity index (χ4n) is 5.64. The fraction of sp³-hybridized carbons (Fsp3) is 0.156. The van der Waals surface area contributed by atoms with Gasteiger partial charge in [-0.2, -0.15) is 0 Å². The predicted octanol–water partition coefficient (Wildman–Crippen LogP) is 12.0. The Morgan fingerprint density at radius 3 is 2.14 bits per heavy atom. The second-order valence-electron chi connectivity index (χ2n) is 12.8. The van der Waals surface area contributed by atoms with Gasteiger partial charge in [-0.1, -0.05) is 99.7 Å². The molecule has 0 amide bonds. The van der Waals surface area contributed by atoms with Crippen LogP contribution >= 0.6 is 0 Å². The molecule has 1 radical (unpaired) electrons. The van der Waals surface area contributed by atoms with Crippen LogP contribution in [0.3, 0.4) is 0 Å². The molecule has 0 spiro atoms. The molecular weight excluding hydrogens is 777 g/mol. The number of aromatic nitrogens is 2. The SMILES string of the molecule is [2H]C([2H])(c1ccc(-c2ccnc(-c3[c-]cc4oc5cc6ccccc6cc5c4c3)c2)cc1)C(C)(C)C.[2H]C([2H])c1ccc(-c2[c-]cc(C([2H])([2H])[2H])cc2)nc1.[Ir]. The first-order chi connectivity index (χ1) is 26.1. The number of pyridine rings is 2. The van der Waals surface area contributed by atoms with Crippen LogP contribution in [0.2, 0.25) is 0 Å². The molecule has 0 bridgehead atoms. The molecule has 0 saturated carbocycles. The van der Waals surface area contributed by atoms with Crippen molar-refractivity contribution in [3.05, 3.63) is 156 Å². The fourth-order valence-corrected chi connectivity index (χ4v) is 5.64. The van der Waals surface area contributed by atoms with Gasteiger partial charge < -0.3 is 14.4 Å². The average molecular weight is 822 g/mol. The molecule has 0 aliphatic heterocycles. The molecule has 0 aliphatic rings. The molecule has 49 heavy (non-hydrogen) atoms. The van der Waals surface area contributed by atoms with Gasteiger partial charge in [0.25, 0.3) is 0 Å². The van der Waals surface area contributed by atoms with E-state index in [1.165, 1.54) is 23.7 Å². The van der Waals surface area contributed by atoms with E-state index in [9.17, 15) is 0 Å². The van der Waals surface area contributed by atoms with Gasteiger partial charge in [0.1, 0.15) is 5.58 Å². The largest absolute Gasteiger partial charge is 0.500 e. The third-order valence-electron chi connectivity index (χ3n) is 7.92. The molecule has 0 unspecified atom stereocenters. The number of hydrogen-bond acceptors (Lipinski definition) is 3. The Morgan fingerprint density at radius 1 is 0.694 bits per heavy atom. The Balaban J connectivity index is 0.000000226. The van der Waals surface area contributed by atoms with Gasteiger partial charge in [-0.05, 0) is 81.3 Å². The van der Waals surface area contributed by atoms with Crippen molar-refractivity contribution in [1.29, 1.82) is 0 Å². The summed E-state index contributed by atoms with van der Waals surface area (Å²) < 4.78 is 59.5. The van der Waals surface area contributed by atoms with Gasteiger partial charge in [-0.15, -0.1) is 59.2 Å². The number of aryl methyl sites for hydroxylation is 2. The third-order valence-corrected chi connectivity index (χ3v) is 7.92. The smallest absolute Gasteiger partial charge is 0.121 e. The Kier molecular flexibility index (Phi) is 7.60. The van der Waals surface area contributed by atoms with Crippen LogP contribution < -0.4 is 0 Å². The maximum atomic E-state index is 8.54. The van der Waals surface area contributed by atoms with Gasteiger partial charge in [0.05, 0.1) is 5.58 Å². The van der Waals surface area contributed by atoms with Crippen molar-refractivity contribution in [3.63, 3.8) is 0 Å². The van der Waals surface area contributed by atoms with Crippen LogP contribution in [-0.4, -0.2) is 9.97 Å². The number of benzene rings is 5. The van der Waals surface area contributed by atoms with Gasteiger partial charge >= 0.3 is 0 Å². The van der Waals surface area contributed by atoms with E-state index in [4.69, 9.17) is 14.0 Å². The minimum atomic E-state index is -2.13. The molecule has 8 rings (SSSR count). The Labute approximate surface area is 312 Å². The van der Waals surface area contributed by atoms with Crippen molar-refractivity contribution in [2.45, 2.75) is 40.9 Å². The van der Waals surface area contributed by atoms with Gasteiger partial charge in [-0.25, -0.2) is 0 Å². The summed E-state index contributed by atoms with van der Waals surface area (Å²) in [5, 5.41) is 4.47. The van der Waals surface area contributed by atoms with E-state index in [0.29, 0.717) is 22.4 Å². The average Bonchev–Trinajstić information content (AvgIpc) is 3.53. The van der Waals surface area contributed by atoms with E-state index < -0.39 is 25.5 Å². The van der Waals surface area contributed by atoms with Crippen molar-refractivity contribution >= 4 is 32.7 Å².